The van der Waals surface area contributed by atoms with Gasteiger partial charge >= 0.3 is 0 Å². The molecule has 23 heavy (non-hydrogen) atoms. The van der Waals surface area contributed by atoms with E-state index >= 15 is 0 Å². The highest BCUT2D eigenvalue weighted by atomic mass is 16.2. The molecule has 0 atom stereocenters. The fourth-order valence-electron chi connectivity index (χ4n) is 3.02. The fraction of sp³-hybridized carbons (Fsp3) is 0.562. The van der Waals surface area contributed by atoms with Crippen LogP contribution in [-0.4, -0.2) is 51.8 Å². The Balaban J connectivity index is 2.12. The Bertz CT molecular complexity index is 728. The van der Waals surface area contributed by atoms with Gasteiger partial charge in [0.15, 0.2) is 5.65 Å². The number of hydrogen-bond acceptors (Lipinski definition) is 5. The molecule has 4 N–H and O–H groups in total. The quantitative estimate of drug-likeness (QED) is 0.808. The lowest BCUT2D eigenvalue weighted by Gasteiger charge is -2.22. The van der Waals surface area contributed by atoms with Crippen LogP contribution in [0.4, 0.5) is 0 Å². The minimum absolute atomic E-state index is 0.0358. The Morgan fingerprint density at radius 3 is 2.57 bits per heavy atom. The number of hydrogen-bond donors (Lipinski definition) is 2. The topological polar surface area (TPSA) is 103 Å². The van der Waals surface area contributed by atoms with Crippen molar-refractivity contribution in [2.24, 2.45) is 18.5 Å². The Morgan fingerprint density at radius 2 is 2.00 bits per heavy atom. The van der Waals surface area contributed by atoms with E-state index in [1.165, 1.54) is 0 Å². The minimum Gasteiger partial charge on any atom is -0.336 e. The molecule has 0 aromatic carbocycles. The van der Waals surface area contributed by atoms with E-state index in [2.05, 4.69) is 5.10 Å². The summed E-state index contributed by atoms with van der Waals surface area (Å²) in [5.41, 5.74) is 14.5. The lowest BCUT2D eigenvalue weighted by Crippen LogP contribution is -2.39. The van der Waals surface area contributed by atoms with Crippen molar-refractivity contribution in [3.8, 4) is 0 Å². The molecule has 0 bridgehead atoms. The lowest BCUT2D eigenvalue weighted by molar-refractivity contribution is 0.0766. The average molecular weight is 316 g/mol. The Kier molecular flexibility index (Phi) is 4.32. The Hall–Kier alpha value is -1.99. The maximum Gasteiger partial charge on any atom is 0.254 e. The SMILES string of the molecule is Cc1nn(C)c2nc(C3CC3)cc(C(=O)N(CCN)CCN)c12. The van der Waals surface area contributed by atoms with Crippen LogP contribution in [0.3, 0.4) is 0 Å². The van der Waals surface area contributed by atoms with Crippen LogP contribution in [0.1, 0.15) is 40.5 Å². The van der Waals surface area contributed by atoms with Crippen LogP contribution in [-0.2, 0) is 7.05 Å². The molecule has 2 aromatic rings. The van der Waals surface area contributed by atoms with Crippen molar-refractivity contribution < 1.29 is 4.79 Å². The van der Waals surface area contributed by atoms with Gasteiger partial charge in [-0.05, 0) is 25.8 Å². The highest BCUT2D eigenvalue weighted by Crippen LogP contribution is 2.40. The molecule has 3 rings (SSSR count). The number of aryl methyl sites for hydroxylation is 2. The van der Waals surface area contributed by atoms with E-state index in [9.17, 15) is 4.79 Å². The van der Waals surface area contributed by atoms with Gasteiger partial charge in [-0.15, -0.1) is 0 Å². The van der Waals surface area contributed by atoms with Gasteiger partial charge in [-0.25, -0.2) is 4.98 Å². The normalized spacial score (nSPS) is 14.4. The molecule has 1 aliphatic carbocycles. The average Bonchev–Trinajstić information content (AvgIpc) is 3.33. The van der Waals surface area contributed by atoms with E-state index < -0.39 is 0 Å². The number of nitrogens with zero attached hydrogens (tertiary/aromatic N) is 4. The summed E-state index contributed by atoms with van der Waals surface area (Å²) in [6, 6.07) is 1.94. The predicted molar refractivity (Wildman–Crippen MR) is 89.2 cm³/mol. The number of pyridine rings is 1. The zero-order valence-corrected chi connectivity index (χ0v) is 13.7. The zero-order chi connectivity index (χ0) is 16.6. The smallest absolute Gasteiger partial charge is 0.254 e. The highest BCUT2D eigenvalue weighted by Gasteiger charge is 2.29. The third-order valence-corrected chi connectivity index (χ3v) is 4.30. The number of amides is 1. The number of carbonyl (C=O) groups excluding carboxylic acids is 1. The highest BCUT2D eigenvalue weighted by molar-refractivity contribution is 6.06. The second kappa shape index (κ2) is 6.25. The van der Waals surface area contributed by atoms with Crippen LogP contribution in [0, 0.1) is 6.92 Å². The van der Waals surface area contributed by atoms with Gasteiger partial charge in [0.25, 0.3) is 5.91 Å². The summed E-state index contributed by atoms with van der Waals surface area (Å²) < 4.78 is 1.75. The van der Waals surface area contributed by atoms with Gasteiger partial charge in [0.2, 0.25) is 0 Å². The molecule has 0 radical (unpaired) electrons. The van der Waals surface area contributed by atoms with Gasteiger partial charge < -0.3 is 16.4 Å². The second-order valence-corrected chi connectivity index (χ2v) is 6.15. The number of aromatic nitrogens is 3. The summed E-state index contributed by atoms with van der Waals surface area (Å²) >= 11 is 0. The molecule has 124 valence electrons. The molecule has 2 heterocycles. The fourth-order valence-corrected chi connectivity index (χ4v) is 3.02. The third kappa shape index (κ3) is 2.94. The van der Waals surface area contributed by atoms with Gasteiger partial charge in [0, 0.05) is 44.8 Å². The van der Waals surface area contributed by atoms with Gasteiger partial charge in [0.05, 0.1) is 16.6 Å². The van der Waals surface area contributed by atoms with Crippen LogP contribution >= 0.6 is 0 Å². The molecular formula is C16H24N6O. The summed E-state index contributed by atoms with van der Waals surface area (Å²) in [5.74, 6) is 0.435. The first-order valence-electron chi connectivity index (χ1n) is 8.10. The summed E-state index contributed by atoms with van der Waals surface area (Å²) in [4.78, 5) is 19.5. The zero-order valence-electron chi connectivity index (χ0n) is 13.7. The van der Waals surface area contributed by atoms with Gasteiger partial charge in [-0.3, -0.25) is 9.48 Å². The summed E-state index contributed by atoms with van der Waals surface area (Å²) in [6.07, 6.45) is 2.27. The lowest BCUT2D eigenvalue weighted by atomic mass is 10.1. The molecule has 1 aliphatic rings. The van der Waals surface area contributed by atoms with Crippen molar-refractivity contribution in [3.05, 3.63) is 23.0 Å². The molecule has 0 unspecified atom stereocenters. The Labute approximate surface area is 135 Å². The third-order valence-electron chi connectivity index (χ3n) is 4.30. The van der Waals surface area contributed by atoms with E-state index in [0.717, 1.165) is 35.3 Å². The predicted octanol–water partition coefficient (Wildman–Crippen LogP) is 0.514. The summed E-state index contributed by atoms with van der Waals surface area (Å²) in [5, 5.41) is 5.27. The molecule has 0 aliphatic heterocycles. The molecular weight excluding hydrogens is 292 g/mol. The molecule has 2 aromatic heterocycles. The van der Waals surface area contributed by atoms with Crippen LogP contribution in [0.5, 0.6) is 0 Å². The van der Waals surface area contributed by atoms with Crippen molar-refractivity contribution in [3.63, 3.8) is 0 Å². The van der Waals surface area contributed by atoms with Crippen molar-refractivity contribution in [2.75, 3.05) is 26.2 Å². The standard InChI is InChI=1S/C16H24N6O/c1-10-14-12(16(23)22(7-5-17)8-6-18)9-13(11-3-4-11)19-15(14)21(2)20-10/h9,11H,3-8,17-18H2,1-2H3. The summed E-state index contributed by atoms with van der Waals surface area (Å²) in [7, 11) is 1.87. The van der Waals surface area contributed by atoms with Crippen LogP contribution in [0.25, 0.3) is 11.0 Å². The maximum atomic E-state index is 13.0. The van der Waals surface area contributed by atoms with E-state index in [1.54, 1.807) is 9.58 Å². The molecule has 1 saturated carbocycles. The monoisotopic (exact) mass is 316 g/mol. The first-order valence-corrected chi connectivity index (χ1v) is 8.10. The number of rotatable bonds is 6. The van der Waals surface area contributed by atoms with Crippen molar-refractivity contribution in [1.29, 1.82) is 0 Å². The van der Waals surface area contributed by atoms with Crippen molar-refractivity contribution >= 4 is 16.9 Å². The molecule has 0 saturated heterocycles. The van der Waals surface area contributed by atoms with Gasteiger partial charge in [-0.2, -0.15) is 5.10 Å². The minimum atomic E-state index is -0.0358. The molecule has 7 nitrogen and oxygen atoms in total. The molecule has 7 heteroatoms. The van der Waals surface area contributed by atoms with E-state index in [-0.39, 0.29) is 5.91 Å². The Morgan fingerprint density at radius 1 is 1.35 bits per heavy atom. The van der Waals surface area contributed by atoms with Crippen LogP contribution in [0.15, 0.2) is 6.07 Å². The molecule has 0 spiro atoms. The first-order chi connectivity index (χ1) is 11.1. The van der Waals surface area contributed by atoms with Gasteiger partial charge in [-0.1, -0.05) is 0 Å². The van der Waals surface area contributed by atoms with E-state index in [0.29, 0.717) is 37.7 Å². The van der Waals surface area contributed by atoms with E-state index in [4.69, 9.17) is 16.5 Å². The summed E-state index contributed by atoms with van der Waals surface area (Å²) in [6.45, 7) is 3.74. The van der Waals surface area contributed by atoms with E-state index in [1.807, 2.05) is 20.0 Å². The van der Waals surface area contributed by atoms with Gasteiger partial charge in [0.1, 0.15) is 0 Å². The van der Waals surface area contributed by atoms with Crippen LogP contribution in [0.2, 0.25) is 0 Å². The number of nitrogens with two attached hydrogens (primary N) is 2. The first kappa shape index (κ1) is 15.9. The number of fused-ring (bicyclic) bond motifs is 1. The molecule has 1 amide bonds. The number of carbonyl (C=O) groups is 1. The molecule has 1 fully saturated rings. The van der Waals surface area contributed by atoms with Crippen molar-refractivity contribution in [1.82, 2.24) is 19.7 Å². The maximum absolute atomic E-state index is 13.0. The second-order valence-electron chi connectivity index (χ2n) is 6.15. The largest absolute Gasteiger partial charge is 0.336 e. The van der Waals surface area contributed by atoms with Crippen molar-refractivity contribution in [2.45, 2.75) is 25.7 Å². The van der Waals surface area contributed by atoms with Crippen LogP contribution < -0.4 is 11.5 Å².